The summed E-state index contributed by atoms with van der Waals surface area (Å²) in [6, 6.07) is 4.99. The van der Waals surface area contributed by atoms with Crippen LogP contribution in [-0.4, -0.2) is 86.8 Å². The molecule has 4 radical (unpaired) electrons. The molecule has 0 aromatic carbocycles. The van der Waals surface area contributed by atoms with Crippen molar-refractivity contribution in [3.8, 4) is 0 Å². The third kappa shape index (κ3) is 22.5. The predicted molar refractivity (Wildman–Crippen MR) is 152 cm³/mol. The number of rotatable bonds is 8. The Labute approximate surface area is 248 Å². The van der Waals surface area contributed by atoms with Crippen molar-refractivity contribution >= 4 is 30.0 Å². The van der Waals surface area contributed by atoms with E-state index in [1.807, 2.05) is 12.1 Å². The molecule has 3 unspecified atom stereocenters. The van der Waals surface area contributed by atoms with Crippen molar-refractivity contribution in [3.63, 3.8) is 0 Å². The number of hydrogen-bond donors (Lipinski definition) is 0. The van der Waals surface area contributed by atoms with Gasteiger partial charge in [-0.3, -0.25) is 4.98 Å². The third-order valence-electron chi connectivity index (χ3n) is 6.47. The molecule has 0 aliphatic carbocycles. The van der Waals surface area contributed by atoms with E-state index in [-0.39, 0.29) is 56.4 Å². The van der Waals surface area contributed by atoms with Crippen molar-refractivity contribution in [2.75, 3.05) is 46.1 Å². The summed E-state index contributed by atoms with van der Waals surface area (Å²) >= 11 is 0. The van der Waals surface area contributed by atoms with E-state index in [0.717, 1.165) is 63.7 Å². The van der Waals surface area contributed by atoms with Crippen molar-refractivity contribution in [2.24, 2.45) is 0 Å². The maximum atomic E-state index is 10.1. The summed E-state index contributed by atoms with van der Waals surface area (Å²) in [5.41, 5.74) is 1.02. The van der Waals surface area contributed by atoms with Crippen LogP contribution in [0.1, 0.15) is 82.6 Å². The second-order valence-electron chi connectivity index (χ2n) is 9.46. The molecule has 1 aromatic rings. The van der Waals surface area contributed by atoms with E-state index in [9.17, 15) is 20.4 Å². The van der Waals surface area contributed by atoms with Gasteiger partial charge in [0.25, 0.3) is 0 Å². The second-order valence-corrected chi connectivity index (χ2v) is 9.46. The van der Waals surface area contributed by atoms with E-state index in [1.165, 1.54) is 38.5 Å². The molecule has 0 saturated carbocycles. The van der Waals surface area contributed by atoms with Gasteiger partial charge in [0.1, 0.15) is 0 Å². The molecular formula is C28H48ClGeN4O4-7. The quantitative estimate of drug-likeness (QED) is 0.412. The molecule has 4 rings (SSSR count). The first kappa shape index (κ1) is 39.8. The van der Waals surface area contributed by atoms with Crippen LogP contribution in [0, 0.1) is 0 Å². The summed E-state index contributed by atoms with van der Waals surface area (Å²) in [6.45, 7) is 3.07. The van der Waals surface area contributed by atoms with E-state index in [2.05, 4.69) is 20.9 Å². The number of piperidine rings is 3. The molecule has 0 N–H and O–H groups in total. The van der Waals surface area contributed by atoms with Crippen LogP contribution in [0.15, 0.2) is 24.5 Å². The van der Waals surface area contributed by atoms with E-state index in [0.29, 0.717) is 24.5 Å². The van der Waals surface area contributed by atoms with Gasteiger partial charge < -0.3 is 36.4 Å². The van der Waals surface area contributed by atoms with Gasteiger partial charge in [-0.05, 0) is 18.1 Å². The summed E-state index contributed by atoms with van der Waals surface area (Å²) in [5, 5.41) is 53.4. The Morgan fingerprint density at radius 1 is 0.658 bits per heavy atom. The molecular weight excluding hydrogens is 564 g/mol. The van der Waals surface area contributed by atoms with Crippen LogP contribution in [0.5, 0.6) is 0 Å². The van der Waals surface area contributed by atoms with Gasteiger partial charge >= 0.3 is 0 Å². The normalized spacial score (nSPS) is 22.4. The monoisotopic (exact) mass is 613 g/mol. The average Bonchev–Trinajstić information content (AvgIpc) is 2.93. The minimum atomic E-state index is -0.0499. The molecule has 10 heteroatoms. The van der Waals surface area contributed by atoms with Crippen molar-refractivity contribution in [1.29, 1.82) is 0 Å². The summed E-state index contributed by atoms with van der Waals surface area (Å²) < 4.78 is 0. The minimum absolute atomic E-state index is 0. The molecule has 0 spiro atoms. The summed E-state index contributed by atoms with van der Waals surface area (Å²) in [4.78, 5) is 3.86. The molecule has 3 fully saturated rings. The van der Waals surface area contributed by atoms with E-state index < -0.39 is 0 Å². The van der Waals surface area contributed by atoms with Crippen LogP contribution >= 0.6 is 12.4 Å². The number of halogens is 1. The van der Waals surface area contributed by atoms with Gasteiger partial charge in [-0.2, -0.15) is 0 Å². The Balaban J connectivity index is 0. The smallest absolute Gasteiger partial charge is 0.0299 e. The third-order valence-corrected chi connectivity index (χ3v) is 6.47. The van der Waals surface area contributed by atoms with Gasteiger partial charge in [-0.1, -0.05) is 83.1 Å². The molecule has 0 bridgehead atoms. The topological polar surface area (TPSA) is 147 Å². The summed E-state index contributed by atoms with van der Waals surface area (Å²) in [5.74, 6) is 0. The van der Waals surface area contributed by atoms with Crippen LogP contribution in [0.3, 0.4) is 0 Å². The summed E-state index contributed by atoms with van der Waals surface area (Å²) in [7, 11) is 0. The largest absolute Gasteiger partial charge is 0.854 e. The van der Waals surface area contributed by atoms with E-state index in [1.54, 1.807) is 12.4 Å². The van der Waals surface area contributed by atoms with E-state index in [4.69, 9.17) is 0 Å². The van der Waals surface area contributed by atoms with Crippen molar-refractivity contribution < 1.29 is 20.4 Å². The number of aromatic nitrogens is 1. The van der Waals surface area contributed by atoms with Gasteiger partial charge in [-0.25, -0.2) is 0 Å². The number of hydrogen-bond acceptors (Lipinski definition) is 5. The Hall–Kier alpha value is -0.297. The van der Waals surface area contributed by atoms with Crippen molar-refractivity contribution in [3.05, 3.63) is 46.0 Å². The SMILES string of the molecule is Cl.[Ge].[O-]CCC1CCCC[N-]1.[O-]CCC1CCCC[N-]1.[O-]CCC1CCCC[N-]1.[O-]CCc1cccnc1. The standard InChI is InChI=1S/C7H8NO.3C7H13NO.ClH.Ge/c9-5-3-7-2-1-4-8-6-7;3*9-6-4-7-3-1-2-5-8-7;;/h1-2,4,6H,3,5H2;3*7H,1-6H2;1H;/q-1;3*-2;;. The number of nitrogens with zero attached hydrogens (tertiary/aromatic N) is 4. The fourth-order valence-corrected chi connectivity index (χ4v) is 4.35. The fourth-order valence-electron chi connectivity index (χ4n) is 4.35. The van der Waals surface area contributed by atoms with Crippen LogP contribution in [0.2, 0.25) is 0 Å². The van der Waals surface area contributed by atoms with Crippen LogP contribution in [0.4, 0.5) is 0 Å². The molecule has 4 heterocycles. The first-order chi connectivity index (χ1) is 17.7. The summed E-state index contributed by atoms with van der Waals surface area (Å²) in [6.07, 6.45) is 17.3. The average molecular weight is 613 g/mol. The first-order valence-electron chi connectivity index (χ1n) is 13.9. The maximum absolute atomic E-state index is 10.1. The van der Waals surface area contributed by atoms with Gasteiger partial charge in [0.15, 0.2) is 0 Å². The maximum Gasteiger partial charge on any atom is 0.0299 e. The zero-order chi connectivity index (χ0) is 26.1. The zero-order valence-electron chi connectivity index (χ0n) is 23.0. The number of pyridine rings is 1. The molecule has 38 heavy (non-hydrogen) atoms. The molecule has 3 saturated heterocycles. The Morgan fingerprint density at radius 2 is 1.08 bits per heavy atom. The van der Waals surface area contributed by atoms with Gasteiger partial charge in [-0.15, -0.1) is 76.6 Å². The second kappa shape index (κ2) is 29.7. The van der Waals surface area contributed by atoms with Crippen molar-refractivity contribution in [1.82, 2.24) is 4.98 Å². The fraction of sp³-hybridized carbons (Fsp3) is 0.821. The van der Waals surface area contributed by atoms with Crippen molar-refractivity contribution in [2.45, 2.75) is 102 Å². The molecule has 3 aliphatic heterocycles. The Morgan fingerprint density at radius 3 is 1.34 bits per heavy atom. The predicted octanol–water partition coefficient (Wildman–Crippen LogP) is 2.01. The molecule has 0 amide bonds. The minimum Gasteiger partial charge on any atom is -0.854 e. The van der Waals surface area contributed by atoms with Gasteiger partial charge in [0, 0.05) is 30.0 Å². The Kier molecular flexibility index (Phi) is 31.1. The molecule has 1 aromatic heterocycles. The molecule has 8 nitrogen and oxygen atoms in total. The Bertz CT molecular complexity index is 521. The zero-order valence-corrected chi connectivity index (χ0v) is 25.9. The molecule has 3 aliphatic rings. The van der Waals surface area contributed by atoms with Crippen LogP contribution < -0.4 is 20.4 Å². The van der Waals surface area contributed by atoms with Crippen LogP contribution in [0.25, 0.3) is 16.0 Å². The van der Waals surface area contributed by atoms with Crippen LogP contribution in [-0.2, 0) is 6.42 Å². The molecule has 3 atom stereocenters. The molecule has 222 valence electrons. The van der Waals surface area contributed by atoms with Gasteiger partial charge in [0.05, 0.1) is 0 Å². The van der Waals surface area contributed by atoms with E-state index >= 15 is 0 Å². The first-order valence-corrected chi connectivity index (χ1v) is 13.9. The van der Waals surface area contributed by atoms with Gasteiger partial charge in [0.2, 0.25) is 0 Å².